The molecular weight excluding hydrogens is 452 g/mol. The predicted octanol–water partition coefficient (Wildman–Crippen LogP) is 5.55. The summed E-state index contributed by atoms with van der Waals surface area (Å²) in [7, 11) is 0. The van der Waals surface area contributed by atoms with Gasteiger partial charge in [-0.2, -0.15) is 0 Å². The van der Waals surface area contributed by atoms with Crippen molar-refractivity contribution in [3.8, 4) is 0 Å². The first-order valence-corrected chi connectivity index (χ1v) is 12.9. The molecule has 1 aliphatic carbocycles. The summed E-state index contributed by atoms with van der Waals surface area (Å²) in [6, 6.07) is 30.3. The molecule has 0 unspecified atom stereocenters. The Hall–Kier alpha value is -2.54. The second kappa shape index (κ2) is 13.7. The Morgan fingerprint density at radius 1 is 0.750 bits per heavy atom. The lowest BCUT2D eigenvalue weighted by Gasteiger charge is -2.30. The fourth-order valence-corrected chi connectivity index (χ4v) is 4.78. The molecule has 1 N–H and O–H groups in total. The van der Waals surface area contributed by atoms with Crippen LogP contribution in [0.2, 0.25) is 0 Å². The lowest BCUT2D eigenvalue weighted by Crippen LogP contribution is -2.40. The average Bonchev–Trinajstić information content (AvgIpc) is 3.20. The minimum Gasteiger partial charge on any atom is -0.388 e. The number of hydrogen-bond donors (Lipinski definition) is 1. The quantitative estimate of drug-likeness (QED) is 0.341. The summed E-state index contributed by atoms with van der Waals surface area (Å²) < 4.78 is 25.1. The van der Waals surface area contributed by atoms with Gasteiger partial charge in [-0.15, -0.1) is 0 Å². The molecule has 0 heterocycles. The van der Waals surface area contributed by atoms with Gasteiger partial charge < -0.3 is 24.1 Å². The van der Waals surface area contributed by atoms with Gasteiger partial charge >= 0.3 is 0 Å². The average molecular weight is 491 g/mol. The number of aliphatic hydroxyl groups excluding tert-OH is 1. The molecule has 5 nitrogen and oxygen atoms in total. The van der Waals surface area contributed by atoms with Crippen molar-refractivity contribution in [3.63, 3.8) is 0 Å². The van der Waals surface area contributed by atoms with Crippen molar-refractivity contribution in [3.05, 3.63) is 108 Å². The highest BCUT2D eigenvalue weighted by atomic mass is 16.5. The molecule has 0 amide bonds. The summed E-state index contributed by atoms with van der Waals surface area (Å²) in [5, 5.41) is 11.2. The van der Waals surface area contributed by atoms with Crippen LogP contribution in [-0.4, -0.2) is 42.2 Å². The largest absolute Gasteiger partial charge is 0.388 e. The van der Waals surface area contributed by atoms with Gasteiger partial charge in [0.15, 0.2) is 0 Å². The van der Waals surface area contributed by atoms with E-state index in [0.717, 1.165) is 16.7 Å². The van der Waals surface area contributed by atoms with Gasteiger partial charge in [0.2, 0.25) is 0 Å². The molecule has 0 saturated heterocycles. The van der Waals surface area contributed by atoms with Gasteiger partial charge in [-0.3, -0.25) is 0 Å². The van der Waals surface area contributed by atoms with Crippen LogP contribution in [0.5, 0.6) is 0 Å². The van der Waals surface area contributed by atoms with Gasteiger partial charge in [-0.1, -0.05) is 91.0 Å². The molecule has 36 heavy (non-hydrogen) atoms. The Morgan fingerprint density at radius 2 is 1.28 bits per heavy atom. The van der Waals surface area contributed by atoms with E-state index in [2.05, 4.69) is 24.3 Å². The van der Waals surface area contributed by atoms with Gasteiger partial charge in [0, 0.05) is 5.92 Å². The van der Waals surface area contributed by atoms with E-state index >= 15 is 0 Å². The second-order valence-electron chi connectivity index (χ2n) is 9.71. The van der Waals surface area contributed by atoms with Crippen LogP contribution in [-0.2, 0) is 38.8 Å². The zero-order valence-corrected chi connectivity index (χ0v) is 21.2. The molecule has 0 spiro atoms. The van der Waals surface area contributed by atoms with Crippen LogP contribution in [0.25, 0.3) is 0 Å². The normalized spacial score (nSPS) is 22.7. The van der Waals surface area contributed by atoms with E-state index in [1.807, 2.05) is 80.6 Å². The van der Waals surface area contributed by atoms with Gasteiger partial charge in [0.05, 0.1) is 50.8 Å². The molecule has 0 aromatic heterocycles. The van der Waals surface area contributed by atoms with Gasteiger partial charge in [-0.25, -0.2) is 0 Å². The highest BCUT2D eigenvalue weighted by molar-refractivity contribution is 5.15. The lowest BCUT2D eigenvalue weighted by atomic mass is 9.98. The summed E-state index contributed by atoms with van der Waals surface area (Å²) in [5.41, 5.74) is 3.28. The summed E-state index contributed by atoms with van der Waals surface area (Å²) >= 11 is 0. The number of hydrogen-bond acceptors (Lipinski definition) is 5. The van der Waals surface area contributed by atoms with Crippen molar-refractivity contribution in [2.24, 2.45) is 5.92 Å². The van der Waals surface area contributed by atoms with Crippen LogP contribution in [0, 0.1) is 5.92 Å². The summed E-state index contributed by atoms with van der Waals surface area (Å²) in [6.45, 7) is 5.78. The van der Waals surface area contributed by atoms with Gasteiger partial charge in [0.25, 0.3) is 0 Å². The molecule has 3 aromatic rings. The number of rotatable bonds is 13. The molecular formula is C31H38O5. The van der Waals surface area contributed by atoms with E-state index in [0.29, 0.717) is 32.8 Å². The number of benzene rings is 3. The number of aliphatic hydroxyl groups is 1. The summed E-state index contributed by atoms with van der Waals surface area (Å²) in [6.07, 6.45) is -1.07. The minimum absolute atomic E-state index is 0.0104. The molecule has 5 heteroatoms. The first kappa shape index (κ1) is 26.5. The highest BCUT2D eigenvalue weighted by Crippen LogP contribution is 2.36. The zero-order valence-electron chi connectivity index (χ0n) is 21.2. The smallest absolute Gasteiger partial charge is 0.107 e. The molecule has 3 aromatic carbocycles. The van der Waals surface area contributed by atoms with E-state index in [1.165, 1.54) is 0 Å². The monoisotopic (exact) mass is 490 g/mol. The van der Waals surface area contributed by atoms with E-state index in [9.17, 15) is 5.11 Å². The fourth-order valence-electron chi connectivity index (χ4n) is 4.78. The van der Waals surface area contributed by atoms with Crippen LogP contribution in [0.1, 0.15) is 37.0 Å². The van der Waals surface area contributed by atoms with Gasteiger partial charge in [-0.05, 0) is 37.0 Å². The first-order valence-electron chi connectivity index (χ1n) is 12.9. The van der Waals surface area contributed by atoms with E-state index in [4.69, 9.17) is 18.9 Å². The Balaban J connectivity index is 1.49. The Labute approximate surface area is 215 Å². The first-order chi connectivity index (χ1) is 17.6. The lowest BCUT2D eigenvalue weighted by molar-refractivity contribution is -0.123. The third-order valence-corrected chi connectivity index (χ3v) is 6.55. The van der Waals surface area contributed by atoms with Crippen molar-refractivity contribution >= 4 is 0 Å². The SMILES string of the molecule is CC(C)O[C@@H]1C[C@@H]([C@@H](COCc2ccccc2)OCc2ccccc2)[C@H](OCc2ccccc2)[C@H]1O. The van der Waals surface area contributed by atoms with E-state index < -0.39 is 12.2 Å². The highest BCUT2D eigenvalue weighted by Gasteiger charge is 2.48. The number of ether oxygens (including phenoxy) is 4. The fraction of sp³-hybridized carbons (Fsp3) is 0.419. The topological polar surface area (TPSA) is 57.2 Å². The maximum Gasteiger partial charge on any atom is 0.107 e. The van der Waals surface area contributed by atoms with Crippen LogP contribution in [0.15, 0.2) is 91.0 Å². The summed E-state index contributed by atoms with van der Waals surface area (Å²) in [4.78, 5) is 0. The Morgan fingerprint density at radius 3 is 1.83 bits per heavy atom. The third kappa shape index (κ3) is 7.73. The predicted molar refractivity (Wildman–Crippen MR) is 140 cm³/mol. The molecule has 4 rings (SSSR count). The van der Waals surface area contributed by atoms with Crippen molar-refractivity contribution in [2.75, 3.05) is 6.61 Å². The van der Waals surface area contributed by atoms with Crippen molar-refractivity contribution in [2.45, 2.75) is 70.6 Å². The maximum atomic E-state index is 11.2. The van der Waals surface area contributed by atoms with Crippen molar-refractivity contribution < 1.29 is 24.1 Å². The second-order valence-corrected chi connectivity index (χ2v) is 9.71. The van der Waals surface area contributed by atoms with Crippen LogP contribution >= 0.6 is 0 Å². The molecule has 0 radical (unpaired) electrons. The molecule has 1 aliphatic rings. The van der Waals surface area contributed by atoms with E-state index in [-0.39, 0.29) is 24.2 Å². The van der Waals surface area contributed by atoms with Crippen LogP contribution in [0.4, 0.5) is 0 Å². The zero-order chi connectivity index (χ0) is 25.2. The van der Waals surface area contributed by atoms with Crippen molar-refractivity contribution in [1.82, 2.24) is 0 Å². The Kier molecular flexibility index (Phi) is 10.1. The maximum absolute atomic E-state index is 11.2. The molecule has 192 valence electrons. The molecule has 0 bridgehead atoms. The third-order valence-electron chi connectivity index (χ3n) is 6.55. The van der Waals surface area contributed by atoms with Crippen LogP contribution < -0.4 is 0 Å². The van der Waals surface area contributed by atoms with Crippen molar-refractivity contribution in [1.29, 1.82) is 0 Å². The Bertz CT molecular complexity index is 995. The van der Waals surface area contributed by atoms with E-state index in [1.54, 1.807) is 0 Å². The summed E-state index contributed by atoms with van der Waals surface area (Å²) in [5.74, 6) is -0.0769. The standard InChI is InChI=1S/C31H38O5/c1-23(2)36-28-18-27(31(30(28)32)35-21-26-16-10-5-11-17-26)29(34-20-25-14-8-4-9-15-25)22-33-19-24-12-6-3-7-13-24/h3-17,23,27-32H,18-22H2,1-2H3/t27-,28+,29+,30-,31-/m0/s1. The van der Waals surface area contributed by atoms with Crippen LogP contribution in [0.3, 0.4) is 0 Å². The molecule has 0 aliphatic heterocycles. The molecule has 5 atom stereocenters. The minimum atomic E-state index is -0.738. The molecule has 1 fully saturated rings. The van der Waals surface area contributed by atoms with Gasteiger partial charge in [0.1, 0.15) is 6.10 Å². The molecule has 1 saturated carbocycles.